The van der Waals surface area contributed by atoms with Gasteiger partial charge in [0.25, 0.3) is 5.91 Å². The molecular formula is C32H31FN2O4. The molecule has 39 heavy (non-hydrogen) atoms. The number of aromatic nitrogens is 1. The first-order valence-corrected chi connectivity index (χ1v) is 13.0. The molecule has 1 saturated heterocycles. The van der Waals surface area contributed by atoms with Crippen molar-refractivity contribution in [2.45, 2.75) is 19.5 Å². The van der Waals surface area contributed by atoms with Gasteiger partial charge >= 0.3 is 0 Å². The molecule has 1 atom stereocenters. The molecule has 4 aromatic rings. The standard InChI is InChI=1S/C32H31FN2O4/c1-37-30-13-4-23(17-31(30)39-22-25-14-16-38-21-25)19-35(20-24-3-2-15-34-18-24)32(36)28-7-5-26(6-8-28)27-9-11-29(33)12-10-27/h2-13,15,17-18,25H,14,16,19-22H2,1H3. The van der Waals surface area contributed by atoms with Crippen molar-refractivity contribution < 1.29 is 23.4 Å². The molecule has 1 aliphatic heterocycles. The molecular weight excluding hydrogens is 495 g/mol. The molecule has 6 nitrogen and oxygen atoms in total. The third-order valence-electron chi connectivity index (χ3n) is 6.79. The van der Waals surface area contributed by atoms with Crippen LogP contribution in [0.5, 0.6) is 11.5 Å². The average molecular weight is 527 g/mol. The molecule has 1 aliphatic rings. The Morgan fingerprint density at radius 1 is 0.974 bits per heavy atom. The predicted octanol–water partition coefficient (Wildman–Crippen LogP) is 6.15. The minimum absolute atomic E-state index is 0.106. The van der Waals surface area contributed by atoms with Crippen LogP contribution >= 0.6 is 0 Å². The van der Waals surface area contributed by atoms with Gasteiger partial charge in [0.1, 0.15) is 5.82 Å². The van der Waals surface area contributed by atoms with E-state index in [0.29, 0.717) is 49.3 Å². The molecule has 1 fully saturated rings. The zero-order chi connectivity index (χ0) is 27.0. The van der Waals surface area contributed by atoms with E-state index in [0.717, 1.165) is 35.3 Å². The van der Waals surface area contributed by atoms with Crippen LogP contribution in [-0.2, 0) is 17.8 Å². The molecule has 3 aromatic carbocycles. The Hall–Kier alpha value is -4.23. The first kappa shape index (κ1) is 26.4. The van der Waals surface area contributed by atoms with E-state index in [1.165, 1.54) is 12.1 Å². The zero-order valence-electron chi connectivity index (χ0n) is 21.9. The molecule has 0 bridgehead atoms. The van der Waals surface area contributed by atoms with E-state index in [9.17, 15) is 9.18 Å². The van der Waals surface area contributed by atoms with Gasteiger partial charge < -0.3 is 19.1 Å². The highest BCUT2D eigenvalue weighted by Crippen LogP contribution is 2.30. The Labute approximate surface area is 228 Å². The van der Waals surface area contributed by atoms with E-state index < -0.39 is 0 Å². The molecule has 0 spiro atoms. The third-order valence-corrected chi connectivity index (χ3v) is 6.79. The summed E-state index contributed by atoms with van der Waals surface area (Å²) in [6, 6.07) is 23.3. The highest BCUT2D eigenvalue weighted by molar-refractivity contribution is 5.94. The normalized spacial score (nSPS) is 14.7. The Balaban J connectivity index is 1.37. The lowest BCUT2D eigenvalue weighted by atomic mass is 10.0. The summed E-state index contributed by atoms with van der Waals surface area (Å²) in [7, 11) is 1.62. The number of methoxy groups -OCH3 is 1. The minimum atomic E-state index is -0.281. The van der Waals surface area contributed by atoms with E-state index in [1.54, 1.807) is 36.5 Å². The van der Waals surface area contributed by atoms with Crippen LogP contribution in [0.25, 0.3) is 11.1 Å². The van der Waals surface area contributed by atoms with E-state index in [2.05, 4.69) is 4.98 Å². The van der Waals surface area contributed by atoms with Gasteiger partial charge in [-0.2, -0.15) is 0 Å². The van der Waals surface area contributed by atoms with E-state index >= 15 is 0 Å². The van der Waals surface area contributed by atoms with Crippen LogP contribution in [-0.4, -0.2) is 42.7 Å². The molecule has 0 radical (unpaired) electrons. The van der Waals surface area contributed by atoms with Gasteiger partial charge in [0.05, 0.1) is 20.3 Å². The van der Waals surface area contributed by atoms with Gasteiger partial charge in [0, 0.05) is 43.6 Å². The lowest BCUT2D eigenvalue weighted by Gasteiger charge is -2.24. The topological polar surface area (TPSA) is 60.9 Å². The van der Waals surface area contributed by atoms with Gasteiger partial charge in [0.2, 0.25) is 0 Å². The van der Waals surface area contributed by atoms with Crippen LogP contribution in [0.1, 0.15) is 27.9 Å². The molecule has 7 heteroatoms. The number of hydrogen-bond acceptors (Lipinski definition) is 5. The average Bonchev–Trinajstić information content (AvgIpc) is 3.50. The lowest BCUT2D eigenvalue weighted by molar-refractivity contribution is 0.0729. The Morgan fingerprint density at radius 2 is 1.72 bits per heavy atom. The number of carbonyl (C=O) groups is 1. The first-order chi connectivity index (χ1) is 19.1. The molecule has 200 valence electrons. The first-order valence-electron chi connectivity index (χ1n) is 13.0. The number of pyridine rings is 1. The van der Waals surface area contributed by atoms with Crippen molar-refractivity contribution >= 4 is 5.91 Å². The SMILES string of the molecule is COc1ccc(CN(Cc2cccnc2)C(=O)c2ccc(-c3ccc(F)cc3)cc2)cc1OCC1CCOC1. The van der Waals surface area contributed by atoms with Gasteiger partial charge in [-0.3, -0.25) is 9.78 Å². The Morgan fingerprint density at radius 3 is 2.38 bits per heavy atom. The van der Waals surface area contributed by atoms with Crippen molar-refractivity contribution in [3.05, 3.63) is 114 Å². The van der Waals surface area contributed by atoms with Crippen molar-refractivity contribution in [3.63, 3.8) is 0 Å². The summed E-state index contributed by atoms with van der Waals surface area (Å²) in [5.41, 5.74) is 4.22. The van der Waals surface area contributed by atoms with E-state index in [-0.39, 0.29) is 11.7 Å². The molecule has 1 aromatic heterocycles. The molecule has 1 unspecified atom stereocenters. The lowest BCUT2D eigenvalue weighted by Crippen LogP contribution is -2.30. The number of carbonyl (C=O) groups excluding carboxylic acids is 1. The molecule has 0 aliphatic carbocycles. The number of amides is 1. The summed E-state index contributed by atoms with van der Waals surface area (Å²) in [5.74, 6) is 1.28. The second-order valence-corrected chi connectivity index (χ2v) is 9.63. The Kier molecular flexibility index (Phi) is 8.48. The van der Waals surface area contributed by atoms with Gasteiger partial charge in [0.15, 0.2) is 11.5 Å². The maximum absolute atomic E-state index is 13.7. The maximum atomic E-state index is 13.7. The van der Waals surface area contributed by atoms with Crippen molar-refractivity contribution in [1.82, 2.24) is 9.88 Å². The molecule has 5 rings (SSSR count). The fourth-order valence-electron chi connectivity index (χ4n) is 4.62. The largest absolute Gasteiger partial charge is 0.493 e. The van der Waals surface area contributed by atoms with E-state index in [4.69, 9.17) is 14.2 Å². The second-order valence-electron chi connectivity index (χ2n) is 9.63. The Bertz CT molecular complexity index is 1370. The summed E-state index contributed by atoms with van der Waals surface area (Å²) >= 11 is 0. The van der Waals surface area contributed by atoms with Crippen molar-refractivity contribution in [2.24, 2.45) is 5.92 Å². The van der Waals surface area contributed by atoms with Crippen LogP contribution in [0.2, 0.25) is 0 Å². The summed E-state index contributed by atoms with van der Waals surface area (Å²) in [6.45, 7) is 2.80. The number of benzene rings is 3. The number of hydrogen-bond donors (Lipinski definition) is 0. The van der Waals surface area contributed by atoms with Gasteiger partial charge in [-0.25, -0.2) is 4.39 Å². The summed E-state index contributed by atoms with van der Waals surface area (Å²) in [5, 5.41) is 0. The van der Waals surface area contributed by atoms with Crippen LogP contribution in [0.4, 0.5) is 4.39 Å². The molecule has 0 N–H and O–H groups in total. The van der Waals surface area contributed by atoms with Crippen molar-refractivity contribution in [1.29, 1.82) is 0 Å². The molecule has 2 heterocycles. The second kappa shape index (κ2) is 12.5. The van der Waals surface area contributed by atoms with Crippen LogP contribution < -0.4 is 9.47 Å². The molecule has 1 amide bonds. The van der Waals surface area contributed by atoms with Crippen molar-refractivity contribution in [3.8, 4) is 22.6 Å². The van der Waals surface area contributed by atoms with Gasteiger partial charge in [-0.05, 0) is 71.1 Å². The quantitative estimate of drug-likeness (QED) is 0.248. The highest BCUT2D eigenvalue weighted by Gasteiger charge is 2.20. The van der Waals surface area contributed by atoms with Gasteiger partial charge in [-0.1, -0.05) is 36.4 Å². The fourth-order valence-corrected chi connectivity index (χ4v) is 4.62. The highest BCUT2D eigenvalue weighted by atomic mass is 19.1. The van der Waals surface area contributed by atoms with E-state index in [1.807, 2.05) is 54.6 Å². The third kappa shape index (κ3) is 6.81. The van der Waals surface area contributed by atoms with Crippen molar-refractivity contribution in [2.75, 3.05) is 26.9 Å². The number of nitrogens with zero attached hydrogens (tertiary/aromatic N) is 2. The monoisotopic (exact) mass is 526 g/mol. The number of halogens is 1. The van der Waals surface area contributed by atoms with Crippen LogP contribution in [0.3, 0.4) is 0 Å². The van der Waals surface area contributed by atoms with Crippen LogP contribution in [0.15, 0.2) is 91.3 Å². The predicted molar refractivity (Wildman–Crippen MR) is 147 cm³/mol. The minimum Gasteiger partial charge on any atom is -0.493 e. The fraction of sp³-hybridized carbons (Fsp3) is 0.250. The van der Waals surface area contributed by atoms with Gasteiger partial charge in [-0.15, -0.1) is 0 Å². The zero-order valence-corrected chi connectivity index (χ0v) is 21.9. The molecule has 0 saturated carbocycles. The smallest absolute Gasteiger partial charge is 0.254 e. The maximum Gasteiger partial charge on any atom is 0.254 e. The van der Waals surface area contributed by atoms with Crippen LogP contribution in [0, 0.1) is 11.7 Å². The summed E-state index contributed by atoms with van der Waals surface area (Å²) in [4.78, 5) is 19.7. The summed E-state index contributed by atoms with van der Waals surface area (Å²) in [6.07, 6.45) is 4.46. The summed E-state index contributed by atoms with van der Waals surface area (Å²) < 4.78 is 30.4. The number of rotatable bonds is 10. The number of ether oxygens (including phenoxy) is 3.